The van der Waals surface area contributed by atoms with E-state index in [1.54, 1.807) is 0 Å². The molecule has 0 radical (unpaired) electrons. The average molecular weight is 209 g/mol. The first-order valence-electron chi connectivity index (χ1n) is 3.34. The Kier molecular flexibility index (Phi) is 4.69. The lowest BCUT2D eigenvalue weighted by Gasteiger charge is -2.10. The highest BCUT2D eigenvalue weighted by Gasteiger charge is 2.13. The monoisotopic (exact) mass is 208 g/mol. The molecule has 0 bridgehead atoms. The molecule has 0 aromatic heterocycles. The summed E-state index contributed by atoms with van der Waals surface area (Å²) in [4.78, 5) is 10.9. The van der Waals surface area contributed by atoms with Crippen LogP contribution in [0.2, 0.25) is 0 Å². The summed E-state index contributed by atoms with van der Waals surface area (Å²) in [6.45, 7) is 5.52. The van der Waals surface area contributed by atoms with Crippen LogP contribution in [0.5, 0.6) is 0 Å². The van der Waals surface area contributed by atoms with Crippen LogP contribution in [0.1, 0.15) is 20.8 Å². The molecule has 0 saturated carbocycles. The van der Waals surface area contributed by atoms with Crippen molar-refractivity contribution in [2.24, 2.45) is 5.92 Å². The van der Waals surface area contributed by atoms with Gasteiger partial charge in [-0.15, -0.1) is 0 Å². The lowest BCUT2D eigenvalue weighted by Crippen LogP contribution is -2.19. The molecule has 0 aliphatic rings. The first-order valence-corrected chi connectivity index (χ1v) is 4.46. The molecule has 0 spiro atoms. The van der Waals surface area contributed by atoms with Crippen molar-refractivity contribution in [1.82, 2.24) is 0 Å². The summed E-state index contributed by atoms with van der Waals surface area (Å²) in [7, 11) is 0. The van der Waals surface area contributed by atoms with Crippen LogP contribution in [0, 0.1) is 5.92 Å². The Morgan fingerprint density at radius 2 is 2.00 bits per heavy atom. The van der Waals surface area contributed by atoms with E-state index in [1.807, 2.05) is 20.8 Å². The van der Waals surface area contributed by atoms with Crippen LogP contribution >= 0.6 is 15.9 Å². The van der Waals surface area contributed by atoms with E-state index in [-0.39, 0.29) is 18.0 Å². The van der Waals surface area contributed by atoms with Crippen LogP contribution in [-0.2, 0) is 9.53 Å². The summed E-state index contributed by atoms with van der Waals surface area (Å²) in [5, 5.41) is 0.665. The summed E-state index contributed by atoms with van der Waals surface area (Å²) < 4.78 is 4.93. The second-order valence-corrected chi connectivity index (χ2v) is 3.19. The molecule has 10 heavy (non-hydrogen) atoms. The fraction of sp³-hybridized carbons (Fsp3) is 0.857. The van der Waals surface area contributed by atoms with Gasteiger partial charge >= 0.3 is 5.97 Å². The molecule has 0 heterocycles. The fourth-order valence-electron chi connectivity index (χ4n) is 0.411. The molecule has 2 nitrogen and oxygen atoms in total. The van der Waals surface area contributed by atoms with Gasteiger partial charge in [-0.25, -0.2) is 0 Å². The third kappa shape index (κ3) is 3.88. The van der Waals surface area contributed by atoms with Crippen molar-refractivity contribution in [3.8, 4) is 0 Å². The lowest BCUT2D eigenvalue weighted by molar-refractivity contribution is -0.150. The zero-order valence-electron chi connectivity index (χ0n) is 6.56. The first kappa shape index (κ1) is 9.95. The Bertz CT molecular complexity index is 112. The van der Waals surface area contributed by atoms with Crippen LogP contribution in [0.3, 0.4) is 0 Å². The number of hydrogen-bond donors (Lipinski definition) is 0. The van der Waals surface area contributed by atoms with E-state index in [9.17, 15) is 4.79 Å². The van der Waals surface area contributed by atoms with Crippen molar-refractivity contribution in [3.05, 3.63) is 0 Å². The van der Waals surface area contributed by atoms with Crippen molar-refractivity contribution in [2.45, 2.75) is 26.9 Å². The van der Waals surface area contributed by atoms with Gasteiger partial charge in [-0.05, 0) is 13.8 Å². The number of alkyl halides is 1. The Morgan fingerprint density at radius 1 is 1.50 bits per heavy atom. The molecule has 0 aliphatic carbocycles. The van der Waals surface area contributed by atoms with Gasteiger partial charge in [-0.3, -0.25) is 4.79 Å². The number of halogens is 1. The minimum absolute atomic E-state index is 0.00556. The maximum Gasteiger partial charge on any atom is 0.309 e. The molecule has 0 saturated heterocycles. The fourth-order valence-corrected chi connectivity index (χ4v) is 0.676. The molecular formula is C7H13BrO2. The minimum Gasteiger partial charge on any atom is -0.463 e. The zero-order chi connectivity index (χ0) is 8.15. The Hall–Kier alpha value is -0.0500. The van der Waals surface area contributed by atoms with Gasteiger partial charge in [0.1, 0.15) is 0 Å². The van der Waals surface area contributed by atoms with E-state index < -0.39 is 0 Å². The van der Waals surface area contributed by atoms with Gasteiger partial charge in [0, 0.05) is 5.33 Å². The average Bonchev–Trinajstić information content (AvgIpc) is 1.85. The molecule has 0 rings (SSSR count). The van der Waals surface area contributed by atoms with Crippen molar-refractivity contribution < 1.29 is 9.53 Å². The topological polar surface area (TPSA) is 26.3 Å². The van der Waals surface area contributed by atoms with Gasteiger partial charge in [0.15, 0.2) is 0 Å². The highest BCUT2D eigenvalue weighted by molar-refractivity contribution is 9.09. The predicted molar refractivity (Wildman–Crippen MR) is 44.2 cm³/mol. The molecule has 0 unspecified atom stereocenters. The molecule has 0 fully saturated rings. The van der Waals surface area contributed by atoms with E-state index in [2.05, 4.69) is 15.9 Å². The predicted octanol–water partition coefficient (Wildman–Crippen LogP) is 1.97. The van der Waals surface area contributed by atoms with Gasteiger partial charge < -0.3 is 4.74 Å². The molecule has 0 aromatic carbocycles. The molecule has 60 valence electrons. The maximum atomic E-state index is 10.9. The number of hydrogen-bond acceptors (Lipinski definition) is 2. The molecule has 0 aromatic rings. The van der Waals surface area contributed by atoms with E-state index in [4.69, 9.17) is 4.74 Å². The van der Waals surface area contributed by atoms with Crippen LogP contribution in [0.4, 0.5) is 0 Å². The standard InChI is InChI=1S/C7H13BrO2/c1-5(2)10-7(9)6(3)4-8/h5-6H,4H2,1-3H3/t6-/m1/s1. The van der Waals surface area contributed by atoms with E-state index in [0.29, 0.717) is 5.33 Å². The molecule has 3 heteroatoms. The first-order chi connectivity index (χ1) is 4.57. The summed E-state index contributed by atoms with van der Waals surface area (Å²) in [5.74, 6) is -0.172. The largest absolute Gasteiger partial charge is 0.463 e. The number of rotatable bonds is 3. The number of esters is 1. The van der Waals surface area contributed by atoms with Gasteiger partial charge in [0.05, 0.1) is 12.0 Å². The van der Waals surface area contributed by atoms with Gasteiger partial charge in [-0.2, -0.15) is 0 Å². The van der Waals surface area contributed by atoms with Gasteiger partial charge in [-0.1, -0.05) is 22.9 Å². The van der Waals surface area contributed by atoms with Gasteiger partial charge in [0.25, 0.3) is 0 Å². The highest BCUT2D eigenvalue weighted by atomic mass is 79.9. The van der Waals surface area contributed by atoms with Crippen molar-refractivity contribution in [3.63, 3.8) is 0 Å². The van der Waals surface area contributed by atoms with Crippen LogP contribution < -0.4 is 0 Å². The molecule has 0 aliphatic heterocycles. The van der Waals surface area contributed by atoms with Crippen LogP contribution in [0.25, 0.3) is 0 Å². The summed E-state index contributed by atoms with van der Waals surface area (Å²) in [5.41, 5.74) is 0. The summed E-state index contributed by atoms with van der Waals surface area (Å²) in [6, 6.07) is 0. The molecular weight excluding hydrogens is 196 g/mol. The van der Waals surface area contributed by atoms with E-state index in [0.717, 1.165) is 0 Å². The van der Waals surface area contributed by atoms with Gasteiger partial charge in [0.2, 0.25) is 0 Å². The Morgan fingerprint density at radius 3 is 2.30 bits per heavy atom. The minimum atomic E-state index is -0.133. The Labute approximate surface area is 70.1 Å². The van der Waals surface area contributed by atoms with Crippen LogP contribution in [-0.4, -0.2) is 17.4 Å². The van der Waals surface area contributed by atoms with E-state index in [1.165, 1.54) is 0 Å². The number of ether oxygens (including phenoxy) is 1. The van der Waals surface area contributed by atoms with Crippen molar-refractivity contribution >= 4 is 21.9 Å². The molecule has 0 amide bonds. The third-order valence-corrected chi connectivity index (χ3v) is 1.96. The SMILES string of the molecule is CC(C)OC(=O)[C@H](C)CBr. The Balaban J connectivity index is 3.62. The van der Waals surface area contributed by atoms with Crippen molar-refractivity contribution in [1.29, 1.82) is 0 Å². The quantitative estimate of drug-likeness (QED) is 0.524. The second-order valence-electron chi connectivity index (χ2n) is 2.54. The third-order valence-electron chi connectivity index (χ3n) is 0.986. The number of carbonyl (C=O) groups is 1. The van der Waals surface area contributed by atoms with Crippen LogP contribution in [0.15, 0.2) is 0 Å². The lowest BCUT2D eigenvalue weighted by atomic mass is 10.2. The number of carbonyl (C=O) groups excluding carboxylic acids is 1. The smallest absolute Gasteiger partial charge is 0.309 e. The summed E-state index contributed by atoms with van der Waals surface area (Å²) >= 11 is 3.20. The maximum absolute atomic E-state index is 10.9. The zero-order valence-corrected chi connectivity index (χ0v) is 8.14. The summed E-state index contributed by atoms with van der Waals surface area (Å²) in [6.07, 6.45) is -0.00556. The van der Waals surface area contributed by atoms with Crippen molar-refractivity contribution in [2.75, 3.05) is 5.33 Å². The molecule has 0 N–H and O–H groups in total. The normalized spacial score (nSPS) is 13.3. The van der Waals surface area contributed by atoms with E-state index >= 15 is 0 Å². The molecule has 1 atom stereocenters. The second kappa shape index (κ2) is 4.72. The highest BCUT2D eigenvalue weighted by Crippen LogP contribution is 2.04.